The molecule has 0 unspecified atom stereocenters. The van der Waals surface area contributed by atoms with Crippen LogP contribution in [0.2, 0.25) is 0 Å². The van der Waals surface area contributed by atoms with Crippen LogP contribution in [0.15, 0.2) is 185 Å². The summed E-state index contributed by atoms with van der Waals surface area (Å²) in [5.74, 6) is -3.03. The summed E-state index contributed by atoms with van der Waals surface area (Å²) in [6, 6.07) is 53.0. The van der Waals surface area contributed by atoms with E-state index in [0.717, 1.165) is 40.7 Å². The first-order valence-electron chi connectivity index (χ1n) is 28.4. The molecule has 2 saturated heterocycles. The van der Waals surface area contributed by atoms with Crippen molar-refractivity contribution in [2.45, 2.75) is 102 Å². The molecular weight excluding hydrogens is 1150 g/mol. The molecule has 3 atom stereocenters. The number of oxime groups is 1. The van der Waals surface area contributed by atoms with Gasteiger partial charge in [0.05, 0.1) is 17.5 Å². The third kappa shape index (κ3) is 14.3. The van der Waals surface area contributed by atoms with Gasteiger partial charge in [-0.1, -0.05) is 163 Å². The van der Waals surface area contributed by atoms with Crippen molar-refractivity contribution in [3.63, 3.8) is 0 Å². The minimum absolute atomic E-state index is 0.0144. The number of benzene rings is 6. The van der Waals surface area contributed by atoms with Crippen LogP contribution in [0.3, 0.4) is 0 Å². The maximum atomic E-state index is 15.0. The number of aromatic nitrogens is 1. The number of guanidine groups is 1. The number of esters is 1. The smallest absolute Gasteiger partial charge is 0.418 e. The number of likely N-dealkylation sites (tertiary alicyclic amines) is 1. The van der Waals surface area contributed by atoms with Gasteiger partial charge in [-0.25, -0.2) is 19.6 Å². The van der Waals surface area contributed by atoms with Gasteiger partial charge in [-0.3, -0.25) is 14.1 Å². The number of carbonyl (C=O) groups excluding carboxylic acids is 4. The lowest BCUT2D eigenvalue weighted by Gasteiger charge is -2.50. The van der Waals surface area contributed by atoms with E-state index in [-0.39, 0.29) is 23.5 Å². The molecule has 2 fully saturated rings. The highest BCUT2D eigenvalue weighted by atomic mass is 32.3. The molecule has 4 heterocycles. The molecule has 20 nitrogen and oxygen atoms in total. The molecular formula is C65H68N8O12S2. The average molecular weight is 1220 g/mol. The maximum absolute atomic E-state index is 15.0. The molecule has 0 aliphatic carbocycles. The topological polar surface area (TPSA) is 254 Å². The molecule has 0 spiro atoms. The van der Waals surface area contributed by atoms with E-state index in [1.165, 1.54) is 25.2 Å². The van der Waals surface area contributed by atoms with Crippen LogP contribution in [-0.4, -0.2) is 111 Å². The quantitative estimate of drug-likeness (QED) is 0.0115. The van der Waals surface area contributed by atoms with E-state index in [4.69, 9.17) is 34.8 Å². The number of aliphatic imine (C=N–C) groups is 1. The van der Waals surface area contributed by atoms with Gasteiger partial charge in [-0.2, -0.15) is 13.5 Å². The van der Waals surface area contributed by atoms with Crippen molar-refractivity contribution < 1.29 is 55.5 Å². The van der Waals surface area contributed by atoms with E-state index in [9.17, 15) is 32.1 Å². The van der Waals surface area contributed by atoms with E-state index in [0.29, 0.717) is 59.2 Å². The molecule has 0 saturated carbocycles. The number of hydrogen-bond donors (Lipinski definition) is 3. The second-order valence-electron chi connectivity index (χ2n) is 23.0. The Hall–Kier alpha value is -8.96. The Balaban J connectivity index is 0.972. The van der Waals surface area contributed by atoms with E-state index < -0.39 is 75.9 Å². The van der Waals surface area contributed by atoms with Gasteiger partial charge in [-0.15, -0.1) is 15.6 Å². The molecule has 7 aromatic rings. The highest BCUT2D eigenvalue weighted by Crippen LogP contribution is 2.43. The van der Waals surface area contributed by atoms with E-state index in [1.807, 2.05) is 189 Å². The molecule has 0 radical (unpaired) electrons. The number of rotatable bonds is 21. The van der Waals surface area contributed by atoms with Gasteiger partial charge < -0.3 is 39.9 Å². The molecule has 3 aliphatic heterocycles. The lowest BCUT2D eigenvalue weighted by atomic mass is 9.74. The zero-order valence-electron chi connectivity index (χ0n) is 48.7. The number of β-lactam (4-membered cyclic amide) rings is 1. The predicted molar refractivity (Wildman–Crippen MR) is 327 cm³/mol. The monoisotopic (exact) mass is 1220 g/mol. The molecule has 1 aromatic heterocycles. The molecule has 10 rings (SSSR count). The number of ketones is 1. The third-order valence-electron chi connectivity index (χ3n) is 15.3. The SMILES string of the molecule is CC(C)(C)OC(=O)N1CCC[C@@H](N=C(N)N2Cc3ccc(OC[C@H](O/N=C(\C(=O)C[C@@H]4C(=O)N(OS(=O)(=O)O)C4(C)C)c4csc(NC(c5ccccc5)(c5ccccc5)c5ccccc5)n4)C(=O)OC(c4ccccc4)c4ccccc4)cc3C2)C1. The summed E-state index contributed by atoms with van der Waals surface area (Å²) >= 11 is 1.17. The van der Waals surface area contributed by atoms with E-state index in [1.54, 1.807) is 16.3 Å². The number of nitrogens with two attached hydrogens (primary N) is 1. The summed E-state index contributed by atoms with van der Waals surface area (Å²) in [5, 5.41) is 10.6. The zero-order chi connectivity index (χ0) is 61.5. The van der Waals surface area contributed by atoms with Gasteiger partial charge in [0.15, 0.2) is 28.7 Å². The third-order valence-corrected chi connectivity index (χ3v) is 16.4. The van der Waals surface area contributed by atoms with Gasteiger partial charge in [-0.05, 0) is 98.5 Å². The highest BCUT2D eigenvalue weighted by Gasteiger charge is 2.58. The molecule has 2 amide bonds. The number of nitrogens with one attached hydrogen (secondary N) is 1. The summed E-state index contributed by atoms with van der Waals surface area (Å²) < 4.78 is 56.1. The van der Waals surface area contributed by atoms with Crippen LogP contribution in [0.5, 0.6) is 5.75 Å². The summed E-state index contributed by atoms with van der Waals surface area (Å²) in [7, 11) is -5.11. The predicted octanol–water partition coefficient (Wildman–Crippen LogP) is 10.0. The fourth-order valence-electron chi connectivity index (χ4n) is 10.9. The van der Waals surface area contributed by atoms with Crippen LogP contribution < -0.4 is 15.8 Å². The van der Waals surface area contributed by atoms with Gasteiger partial charge in [0.25, 0.3) is 12.0 Å². The fraction of sp³-hybridized carbons (Fsp3) is 0.308. The van der Waals surface area contributed by atoms with Gasteiger partial charge in [0.1, 0.15) is 29.2 Å². The molecule has 6 aromatic carbocycles. The first-order valence-corrected chi connectivity index (χ1v) is 30.7. The Bertz CT molecular complexity index is 3620. The lowest BCUT2D eigenvalue weighted by Crippen LogP contribution is -2.68. The van der Waals surface area contributed by atoms with Crippen LogP contribution in [0.25, 0.3) is 0 Å². The molecule has 87 heavy (non-hydrogen) atoms. The standard InChI is InChI=1S/C65H68N8O12S2/c1-63(2,3)83-62(77)71-35-21-32-50(40-71)67-60(66)72-38-45-33-34-51(36-46(45)39-72)81-41-55(59(76)82-57(43-22-11-6-12-23-43)44-24-13-7-14-25-44)84-70-56(54(74)37-52-58(75)73(64(52,4)5)85-87(78,79)80)53-42-86-61(68-53)69-65(47-26-15-8-16-27-47,48-28-17-9-18-29-48)49-30-19-10-20-31-49/h6-20,22-31,33-34,36,42,50,52,55,57H,21,32,35,37-41H2,1-5H3,(H2,66,67)(H,68,69)(H,78,79,80)/b70-56-/t50-,52-,55+/m1/s1. The summed E-state index contributed by atoms with van der Waals surface area (Å²) in [5.41, 5.74) is 9.02. The second-order valence-corrected chi connectivity index (χ2v) is 24.8. The van der Waals surface area contributed by atoms with Gasteiger partial charge >= 0.3 is 22.5 Å². The number of thiazole rings is 1. The fourth-order valence-corrected chi connectivity index (χ4v) is 12.1. The van der Waals surface area contributed by atoms with E-state index >= 15 is 0 Å². The van der Waals surface area contributed by atoms with Crippen LogP contribution in [0.1, 0.15) is 105 Å². The first-order chi connectivity index (χ1) is 41.6. The minimum Gasteiger partial charge on any atom is -0.489 e. The Kier molecular flexibility index (Phi) is 18.2. The van der Waals surface area contributed by atoms with Crippen LogP contribution in [0.4, 0.5) is 9.93 Å². The average Bonchev–Trinajstić information content (AvgIpc) is 1.06. The molecule has 3 aliphatic rings. The van der Waals surface area contributed by atoms with Crippen molar-refractivity contribution in [3.05, 3.63) is 220 Å². The zero-order valence-corrected chi connectivity index (χ0v) is 50.4. The molecule has 452 valence electrons. The number of fused-ring (bicyclic) bond motifs is 1. The number of nitrogens with zero attached hydrogens (tertiary/aromatic N) is 6. The number of ether oxygens (including phenoxy) is 3. The largest absolute Gasteiger partial charge is 0.489 e. The van der Waals surface area contributed by atoms with E-state index in [2.05, 4.69) is 14.8 Å². The van der Waals surface area contributed by atoms with Crippen LogP contribution in [-0.2, 0) is 62.0 Å². The highest BCUT2D eigenvalue weighted by molar-refractivity contribution is 7.80. The molecule has 0 bridgehead atoms. The normalized spacial score (nSPS) is 17.5. The number of anilines is 1. The lowest BCUT2D eigenvalue weighted by molar-refractivity contribution is -0.228. The number of hydrogen-bond acceptors (Lipinski definition) is 16. The van der Waals surface area contributed by atoms with Crippen LogP contribution >= 0.6 is 11.3 Å². The van der Waals surface area contributed by atoms with Gasteiger partial charge in [0, 0.05) is 38.0 Å². The Morgan fingerprint density at radius 1 is 0.805 bits per heavy atom. The summed E-state index contributed by atoms with van der Waals surface area (Å²) in [6.07, 6.45) is -2.00. The van der Waals surface area contributed by atoms with Crippen molar-refractivity contribution in [2.24, 2.45) is 21.8 Å². The van der Waals surface area contributed by atoms with Crippen molar-refractivity contribution in [2.75, 3.05) is 25.0 Å². The number of Topliss-reactive ketones (excluding diaryl/α,β-unsaturated/α-hetero) is 1. The van der Waals surface area contributed by atoms with Crippen molar-refractivity contribution in [1.82, 2.24) is 19.8 Å². The minimum atomic E-state index is -5.11. The van der Waals surface area contributed by atoms with Crippen molar-refractivity contribution in [1.29, 1.82) is 0 Å². The first kappa shape index (κ1) is 61.1. The Morgan fingerprint density at radius 3 is 1.92 bits per heavy atom. The maximum Gasteiger partial charge on any atom is 0.418 e. The second kappa shape index (κ2) is 25.9. The van der Waals surface area contributed by atoms with Crippen molar-refractivity contribution in [3.8, 4) is 5.75 Å². The van der Waals surface area contributed by atoms with Crippen LogP contribution in [0, 0.1) is 5.92 Å². The van der Waals surface area contributed by atoms with Crippen molar-refractivity contribution >= 4 is 62.3 Å². The Labute approximate surface area is 509 Å². The number of piperidine rings is 1. The number of hydroxylamine groups is 2. The van der Waals surface area contributed by atoms with Gasteiger partial charge in [0.2, 0.25) is 0 Å². The molecule has 4 N–H and O–H groups in total. The summed E-state index contributed by atoms with van der Waals surface area (Å²) in [4.78, 5) is 76.0. The number of carbonyl (C=O) groups is 4. The Morgan fingerprint density at radius 2 is 1.37 bits per heavy atom. The molecule has 22 heteroatoms. The number of amides is 2. The summed E-state index contributed by atoms with van der Waals surface area (Å²) in [6.45, 7) is 9.78.